The lowest BCUT2D eigenvalue weighted by molar-refractivity contribution is -0.0664. The second-order valence-corrected chi connectivity index (χ2v) is 12.1. The molecule has 3 heteroatoms. The van der Waals surface area contributed by atoms with Gasteiger partial charge in [-0.2, -0.15) is 0 Å². The van der Waals surface area contributed by atoms with Gasteiger partial charge in [0.05, 0.1) is 18.3 Å². The fraction of sp³-hybridized carbons (Fsp3) is 0.933. The largest absolute Gasteiger partial charge is 0.390 e. The van der Waals surface area contributed by atoms with Crippen molar-refractivity contribution in [3.63, 3.8) is 0 Å². The Kier molecular flexibility index (Phi) is 4.20. The van der Waals surface area contributed by atoms with Gasteiger partial charge < -0.3 is 9.84 Å². The number of ether oxygens (including phenoxy) is 1. The van der Waals surface area contributed by atoms with Crippen molar-refractivity contribution in [2.75, 3.05) is 13.3 Å². The summed E-state index contributed by atoms with van der Waals surface area (Å²) >= 11 is 0. The summed E-state index contributed by atoms with van der Waals surface area (Å²) in [4.78, 5) is 0. The van der Waals surface area contributed by atoms with E-state index in [0.717, 1.165) is 0 Å². The lowest BCUT2D eigenvalue weighted by Crippen LogP contribution is -2.51. The molecule has 1 saturated heterocycles. The zero-order valence-corrected chi connectivity index (χ0v) is 14.2. The van der Waals surface area contributed by atoms with E-state index < -0.39 is 6.89 Å². The summed E-state index contributed by atoms with van der Waals surface area (Å²) < 4.78 is 6.07. The molecule has 0 saturated carbocycles. The fourth-order valence-corrected chi connectivity index (χ4v) is 4.40. The number of aliphatic hydroxyl groups is 1. The van der Waals surface area contributed by atoms with Crippen LogP contribution in [0.15, 0.2) is 0 Å². The molecule has 0 spiro atoms. The van der Waals surface area contributed by atoms with E-state index in [1.54, 1.807) is 0 Å². The van der Waals surface area contributed by atoms with Crippen LogP contribution in [-0.4, -0.2) is 48.2 Å². The van der Waals surface area contributed by atoms with Crippen molar-refractivity contribution in [3.8, 4) is 0 Å². The van der Waals surface area contributed by atoms with Crippen LogP contribution in [0.4, 0.5) is 0 Å². The topological polar surface area (TPSA) is 29.5 Å². The fourth-order valence-electron chi connectivity index (χ4n) is 2.71. The van der Waals surface area contributed by atoms with Crippen LogP contribution in [-0.2, 0) is 4.74 Å². The number of hydrogen-bond donors (Lipinski definition) is 1. The highest BCUT2D eigenvalue weighted by molar-refractivity contribution is 7.73. The SMILES string of the molecule is C=P(C)(C)C(C)(C)C(C)(C)C1O[C@@H](C)[C@H](C)[C@@H]1O. The molecule has 108 valence electrons. The molecule has 1 unspecified atom stereocenters. The predicted octanol–water partition coefficient (Wildman–Crippen LogP) is 3.28. The summed E-state index contributed by atoms with van der Waals surface area (Å²) in [5.41, 5.74) is -0.0928. The van der Waals surface area contributed by atoms with Gasteiger partial charge in [-0.05, 0) is 25.4 Å². The first-order valence-corrected chi connectivity index (χ1v) is 9.73. The molecule has 0 aromatic heterocycles. The molecule has 1 rings (SSSR count). The first kappa shape index (κ1) is 16.3. The van der Waals surface area contributed by atoms with E-state index in [1.807, 2.05) is 0 Å². The van der Waals surface area contributed by atoms with Gasteiger partial charge in [0.2, 0.25) is 0 Å². The van der Waals surface area contributed by atoms with Gasteiger partial charge in [0.1, 0.15) is 0 Å². The standard InChI is InChI=1S/C15H31O2P/c1-10-11(2)17-13(12(10)16)14(3,4)15(5,6)18(7,8)9/h10-13,16H,7H2,1-6,8-9H3/t10-,11-,12-,13?/m0/s1. The highest BCUT2D eigenvalue weighted by Gasteiger charge is 2.54. The molecule has 0 aliphatic carbocycles. The Hall–Kier alpha value is 0.220. The van der Waals surface area contributed by atoms with E-state index in [4.69, 9.17) is 4.74 Å². The minimum atomic E-state index is -1.30. The van der Waals surface area contributed by atoms with Crippen LogP contribution in [0.1, 0.15) is 41.5 Å². The average Bonchev–Trinajstić information content (AvgIpc) is 2.44. The lowest BCUT2D eigenvalue weighted by atomic mass is 9.72. The van der Waals surface area contributed by atoms with Gasteiger partial charge >= 0.3 is 0 Å². The van der Waals surface area contributed by atoms with Gasteiger partial charge in [-0.1, -0.05) is 34.6 Å². The van der Waals surface area contributed by atoms with Gasteiger partial charge in [-0.3, -0.25) is 0 Å². The molecule has 1 fully saturated rings. The maximum atomic E-state index is 10.5. The zero-order chi connectivity index (χ0) is 14.5. The smallest absolute Gasteiger partial charge is 0.0900 e. The first-order chi connectivity index (χ1) is 7.84. The summed E-state index contributed by atoms with van der Waals surface area (Å²) in [6.45, 7) is 16.4. The van der Waals surface area contributed by atoms with Crippen LogP contribution in [0.25, 0.3) is 0 Å². The van der Waals surface area contributed by atoms with Gasteiger partial charge in [0, 0.05) is 11.3 Å². The van der Waals surface area contributed by atoms with Crippen LogP contribution < -0.4 is 0 Å². The maximum Gasteiger partial charge on any atom is 0.0900 e. The van der Waals surface area contributed by atoms with E-state index in [-0.39, 0.29) is 34.8 Å². The van der Waals surface area contributed by atoms with E-state index in [9.17, 15) is 5.11 Å². The molecule has 18 heavy (non-hydrogen) atoms. The van der Waals surface area contributed by atoms with E-state index in [2.05, 4.69) is 61.2 Å². The summed E-state index contributed by atoms with van der Waals surface area (Å²) in [6.07, 6.45) is 4.07. The Balaban J connectivity index is 3.12. The minimum absolute atomic E-state index is 0.0649. The molecule has 2 nitrogen and oxygen atoms in total. The third-order valence-corrected chi connectivity index (χ3v) is 9.35. The lowest BCUT2D eigenvalue weighted by Gasteiger charge is -2.51. The third kappa shape index (κ3) is 2.32. The molecule has 0 aromatic rings. The van der Waals surface area contributed by atoms with Crippen molar-refractivity contribution in [2.24, 2.45) is 11.3 Å². The van der Waals surface area contributed by atoms with Crippen molar-refractivity contribution < 1.29 is 9.84 Å². The molecule has 1 aliphatic heterocycles. The maximum absolute atomic E-state index is 10.5. The highest BCUT2D eigenvalue weighted by Crippen LogP contribution is 2.61. The number of hydrogen-bond acceptors (Lipinski definition) is 2. The second-order valence-electron chi connectivity index (χ2n) is 7.58. The molecular formula is C15H31O2P. The Labute approximate surface area is 113 Å². The van der Waals surface area contributed by atoms with Crippen LogP contribution in [0.5, 0.6) is 0 Å². The van der Waals surface area contributed by atoms with Crippen molar-refractivity contribution in [3.05, 3.63) is 0 Å². The van der Waals surface area contributed by atoms with Gasteiger partial charge in [0.25, 0.3) is 0 Å². The Morgan fingerprint density at radius 1 is 1.11 bits per heavy atom. The third-order valence-electron chi connectivity index (χ3n) is 5.75. The van der Waals surface area contributed by atoms with Crippen molar-refractivity contribution in [2.45, 2.75) is 65.0 Å². The van der Waals surface area contributed by atoms with Crippen LogP contribution in [0.2, 0.25) is 0 Å². The summed E-state index contributed by atoms with van der Waals surface area (Å²) in [5, 5.41) is 10.5. The minimum Gasteiger partial charge on any atom is -0.390 e. The normalized spacial score (nSPS) is 34.9. The molecule has 0 bridgehead atoms. The quantitative estimate of drug-likeness (QED) is 0.800. The Morgan fingerprint density at radius 2 is 1.56 bits per heavy atom. The van der Waals surface area contributed by atoms with Crippen LogP contribution in [0, 0.1) is 11.3 Å². The average molecular weight is 274 g/mol. The summed E-state index contributed by atoms with van der Waals surface area (Å²) in [6, 6.07) is 0. The first-order valence-electron chi connectivity index (χ1n) is 6.86. The molecule has 1 aliphatic rings. The van der Waals surface area contributed by atoms with Crippen molar-refractivity contribution in [1.29, 1.82) is 0 Å². The summed E-state index contributed by atoms with van der Waals surface area (Å²) in [7, 11) is 0. The van der Waals surface area contributed by atoms with Gasteiger partial charge in [-0.25, -0.2) is 0 Å². The molecule has 0 radical (unpaired) electrons. The summed E-state index contributed by atoms with van der Waals surface area (Å²) in [5.74, 6) is 0.205. The van der Waals surface area contributed by atoms with Crippen LogP contribution >= 0.6 is 6.89 Å². The van der Waals surface area contributed by atoms with E-state index in [1.165, 1.54) is 0 Å². The van der Waals surface area contributed by atoms with Crippen LogP contribution in [0.3, 0.4) is 0 Å². The van der Waals surface area contributed by atoms with Crippen molar-refractivity contribution >= 4 is 13.2 Å². The molecule has 0 amide bonds. The molecule has 1 heterocycles. The van der Waals surface area contributed by atoms with Crippen molar-refractivity contribution in [1.82, 2.24) is 0 Å². The predicted molar refractivity (Wildman–Crippen MR) is 83.3 cm³/mol. The Morgan fingerprint density at radius 3 is 1.83 bits per heavy atom. The Bertz CT molecular complexity index is 354. The number of aliphatic hydroxyl groups excluding tert-OH is 1. The number of rotatable bonds is 3. The van der Waals surface area contributed by atoms with E-state index >= 15 is 0 Å². The van der Waals surface area contributed by atoms with Gasteiger partial charge in [-0.15, -0.1) is 13.2 Å². The highest BCUT2D eigenvalue weighted by atomic mass is 31.2. The van der Waals surface area contributed by atoms with Gasteiger partial charge in [0.15, 0.2) is 0 Å². The second kappa shape index (κ2) is 4.65. The monoisotopic (exact) mass is 274 g/mol. The zero-order valence-electron chi connectivity index (χ0n) is 13.3. The van der Waals surface area contributed by atoms with E-state index in [0.29, 0.717) is 0 Å². The molecular weight excluding hydrogens is 243 g/mol. The molecule has 4 atom stereocenters. The molecule has 1 N–H and O–H groups in total. The molecule has 0 aromatic carbocycles.